The molecule has 0 aliphatic carbocycles. The second kappa shape index (κ2) is 8.50. The smallest absolute Gasteiger partial charge is 0.273 e. The van der Waals surface area contributed by atoms with Crippen LogP contribution in [0.4, 0.5) is 5.69 Å². The van der Waals surface area contributed by atoms with Crippen molar-refractivity contribution in [2.24, 2.45) is 0 Å². The van der Waals surface area contributed by atoms with Crippen molar-refractivity contribution in [2.75, 3.05) is 33.3 Å². The largest absolute Gasteiger partial charge is 0.496 e. The molecule has 0 aliphatic rings. The Kier molecular flexibility index (Phi) is 6.97. The highest BCUT2D eigenvalue weighted by molar-refractivity contribution is 5.44. The Balaban J connectivity index is 2.53. The third-order valence-electron chi connectivity index (χ3n) is 3.30. The maximum atomic E-state index is 10.7. The van der Waals surface area contributed by atoms with Crippen molar-refractivity contribution in [1.82, 2.24) is 10.2 Å². The van der Waals surface area contributed by atoms with Gasteiger partial charge >= 0.3 is 0 Å². The van der Waals surface area contributed by atoms with Crippen molar-refractivity contribution >= 4 is 5.69 Å². The normalized spacial score (nSPS) is 10.8. The molecule has 0 aliphatic heterocycles. The molecule has 0 saturated heterocycles. The number of nitrogens with zero attached hydrogens (tertiary/aromatic N) is 2. The van der Waals surface area contributed by atoms with E-state index in [0.29, 0.717) is 12.3 Å². The number of hydrogen-bond donors (Lipinski definition) is 1. The number of ether oxygens (including phenoxy) is 1. The van der Waals surface area contributed by atoms with Crippen molar-refractivity contribution < 1.29 is 9.66 Å². The van der Waals surface area contributed by atoms with Gasteiger partial charge in [-0.05, 0) is 19.2 Å². The fourth-order valence-corrected chi connectivity index (χ4v) is 1.99. The fraction of sp³-hybridized carbons (Fsp3) is 0.571. The van der Waals surface area contributed by atoms with Gasteiger partial charge in [0.05, 0.1) is 18.1 Å². The summed E-state index contributed by atoms with van der Waals surface area (Å²) in [7, 11) is 1.53. The molecular formula is C14H23N3O3. The van der Waals surface area contributed by atoms with E-state index in [0.717, 1.165) is 31.7 Å². The Morgan fingerprint density at radius 1 is 1.35 bits per heavy atom. The highest BCUT2D eigenvalue weighted by Crippen LogP contribution is 2.24. The monoisotopic (exact) mass is 281 g/mol. The van der Waals surface area contributed by atoms with Gasteiger partial charge in [-0.15, -0.1) is 0 Å². The van der Waals surface area contributed by atoms with Crippen molar-refractivity contribution in [1.29, 1.82) is 0 Å². The molecule has 0 heterocycles. The number of likely N-dealkylation sites (N-methyl/N-ethyl adjacent to an activating group) is 1. The van der Waals surface area contributed by atoms with Crippen LogP contribution in [0.5, 0.6) is 5.75 Å². The van der Waals surface area contributed by atoms with E-state index >= 15 is 0 Å². The molecule has 0 bridgehead atoms. The highest BCUT2D eigenvalue weighted by atomic mass is 16.6. The first-order valence-electron chi connectivity index (χ1n) is 6.86. The van der Waals surface area contributed by atoms with Crippen LogP contribution in [0.25, 0.3) is 0 Å². The first-order chi connectivity index (χ1) is 9.62. The third kappa shape index (κ3) is 4.79. The number of nitro groups is 1. The van der Waals surface area contributed by atoms with E-state index < -0.39 is 4.92 Å². The molecule has 0 radical (unpaired) electrons. The number of nitro benzene ring substituents is 1. The van der Waals surface area contributed by atoms with Gasteiger partial charge in [0.2, 0.25) is 0 Å². The molecule has 0 atom stereocenters. The summed E-state index contributed by atoms with van der Waals surface area (Å²) in [4.78, 5) is 12.6. The van der Waals surface area contributed by atoms with Crippen LogP contribution in [0.15, 0.2) is 18.2 Å². The van der Waals surface area contributed by atoms with Crippen molar-refractivity contribution in [3.63, 3.8) is 0 Å². The molecule has 6 heteroatoms. The molecule has 6 nitrogen and oxygen atoms in total. The maximum absolute atomic E-state index is 10.7. The van der Waals surface area contributed by atoms with E-state index in [-0.39, 0.29) is 5.69 Å². The summed E-state index contributed by atoms with van der Waals surface area (Å²) in [6.07, 6.45) is 0. The molecule has 0 unspecified atom stereocenters. The van der Waals surface area contributed by atoms with Crippen LogP contribution in [0.2, 0.25) is 0 Å². The van der Waals surface area contributed by atoms with Gasteiger partial charge in [-0.25, -0.2) is 0 Å². The summed E-state index contributed by atoms with van der Waals surface area (Å²) < 4.78 is 5.20. The van der Waals surface area contributed by atoms with E-state index in [4.69, 9.17) is 4.74 Å². The van der Waals surface area contributed by atoms with Crippen LogP contribution in [-0.4, -0.2) is 43.1 Å². The summed E-state index contributed by atoms with van der Waals surface area (Å²) in [5, 5.41) is 14.0. The Bertz CT molecular complexity index is 434. The number of rotatable bonds is 9. The molecule has 0 aromatic heterocycles. The second-order valence-electron chi connectivity index (χ2n) is 4.46. The molecule has 1 aromatic carbocycles. The maximum Gasteiger partial charge on any atom is 0.273 e. The van der Waals surface area contributed by atoms with Gasteiger partial charge in [-0.2, -0.15) is 0 Å². The third-order valence-corrected chi connectivity index (χ3v) is 3.30. The first-order valence-corrected chi connectivity index (χ1v) is 6.86. The zero-order valence-electron chi connectivity index (χ0n) is 12.4. The molecule has 0 saturated carbocycles. The van der Waals surface area contributed by atoms with Crippen molar-refractivity contribution in [2.45, 2.75) is 20.4 Å². The van der Waals surface area contributed by atoms with Gasteiger partial charge in [0.1, 0.15) is 5.75 Å². The van der Waals surface area contributed by atoms with Crippen LogP contribution < -0.4 is 10.1 Å². The van der Waals surface area contributed by atoms with E-state index in [2.05, 4.69) is 24.1 Å². The first kappa shape index (κ1) is 16.4. The predicted octanol–water partition coefficient (Wildman–Crippen LogP) is 2.03. The lowest BCUT2D eigenvalue weighted by atomic mass is 10.2. The van der Waals surface area contributed by atoms with Crippen LogP contribution in [0, 0.1) is 10.1 Å². The minimum Gasteiger partial charge on any atom is -0.496 e. The number of methoxy groups -OCH3 is 1. The number of nitrogens with one attached hydrogen (secondary N) is 1. The van der Waals surface area contributed by atoms with Crippen molar-refractivity contribution in [3.8, 4) is 5.75 Å². The minimum atomic E-state index is -0.417. The van der Waals surface area contributed by atoms with Gasteiger partial charge in [0, 0.05) is 31.3 Å². The lowest BCUT2D eigenvalue weighted by Crippen LogP contribution is -2.31. The lowest BCUT2D eigenvalue weighted by Gasteiger charge is -2.18. The predicted molar refractivity (Wildman–Crippen MR) is 79.1 cm³/mol. The quantitative estimate of drug-likeness (QED) is 0.426. The van der Waals surface area contributed by atoms with E-state index in [9.17, 15) is 10.1 Å². The standard InChI is InChI=1S/C14H23N3O3/c1-4-16(5-2)9-8-15-11-12-6-7-13(17(18)19)10-14(12)20-3/h6-7,10,15H,4-5,8-9,11H2,1-3H3. The van der Waals surface area contributed by atoms with Crippen LogP contribution in [-0.2, 0) is 6.54 Å². The molecule has 0 amide bonds. The van der Waals surface area contributed by atoms with Gasteiger partial charge in [-0.1, -0.05) is 13.8 Å². The molecule has 20 heavy (non-hydrogen) atoms. The number of hydrogen-bond acceptors (Lipinski definition) is 5. The van der Waals surface area contributed by atoms with Crippen molar-refractivity contribution in [3.05, 3.63) is 33.9 Å². The average Bonchev–Trinajstić information content (AvgIpc) is 2.47. The summed E-state index contributed by atoms with van der Waals surface area (Å²) >= 11 is 0. The zero-order valence-corrected chi connectivity index (χ0v) is 12.4. The molecule has 0 spiro atoms. The van der Waals surface area contributed by atoms with Gasteiger partial charge in [0.25, 0.3) is 5.69 Å². The fourth-order valence-electron chi connectivity index (χ4n) is 1.99. The van der Waals surface area contributed by atoms with E-state index in [1.54, 1.807) is 6.07 Å². The SMILES string of the molecule is CCN(CC)CCNCc1ccc([N+](=O)[O-])cc1OC. The minimum absolute atomic E-state index is 0.0498. The molecule has 1 rings (SSSR count). The molecule has 112 valence electrons. The molecular weight excluding hydrogens is 258 g/mol. The highest BCUT2D eigenvalue weighted by Gasteiger charge is 2.10. The second-order valence-corrected chi connectivity index (χ2v) is 4.46. The Morgan fingerprint density at radius 2 is 2.05 bits per heavy atom. The summed E-state index contributed by atoms with van der Waals surface area (Å²) in [6, 6.07) is 4.70. The Hall–Kier alpha value is -1.66. The molecule has 1 N–H and O–H groups in total. The lowest BCUT2D eigenvalue weighted by molar-refractivity contribution is -0.384. The van der Waals surface area contributed by atoms with E-state index in [1.165, 1.54) is 19.2 Å². The summed E-state index contributed by atoms with van der Waals surface area (Å²) in [5.41, 5.74) is 0.978. The van der Waals surface area contributed by atoms with Gasteiger partial charge in [-0.3, -0.25) is 10.1 Å². The van der Waals surface area contributed by atoms with E-state index in [1.807, 2.05) is 0 Å². The topological polar surface area (TPSA) is 67.6 Å². The van der Waals surface area contributed by atoms with Gasteiger partial charge < -0.3 is 15.0 Å². The van der Waals surface area contributed by atoms with Crippen LogP contribution in [0.1, 0.15) is 19.4 Å². The number of benzene rings is 1. The molecule has 0 fully saturated rings. The summed E-state index contributed by atoms with van der Waals surface area (Å²) in [6.45, 7) is 8.87. The zero-order chi connectivity index (χ0) is 15.0. The van der Waals surface area contributed by atoms with Gasteiger partial charge in [0.15, 0.2) is 0 Å². The Morgan fingerprint density at radius 3 is 2.60 bits per heavy atom. The number of non-ortho nitro benzene ring substituents is 1. The summed E-state index contributed by atoms with van der Waals surface area (Å²) in [5.74, 6) is 0.550. The Labute approximate surface area is 119 Å². The average molecular weight is 281 g/mol. The van der Waals surface area contributed by atoms with Crippen LogP contribution in [0.3, 0.4) is 0 Å². The molecule has 1 aromatic rings. The van der Waals surface area contributed by atoms with Crippen LogP contribution >= 0.6 is 0 Å².